The van der Waals surface area contributed by atoms with Gasteiger partial charge in [-0.25, -0.2) is 0 Å². The molecule has 0 saturated heterocycles. The van der Waals surface area contributed by atoms with Gasteiger partial charge in [0.05, 0.1) is 6.61 Å². The molecule has 2 bridgehead atoms. The van der Waals surface area contributed by atoms with Gasteiger partial charge >= 0.3 is 0 Å². The van der Waals surface area contributed by atoms with Gasteiger partial charge < -0.3 is 20.5 Å². The smallest absolute Gasteiger partial charge is 0.227 e. The number of rotatable bonds is 6. The Kier molecular flexibility index (Phi) is 5.97. The van der Waals surface area contributed by atoms with Gasteiger partial charge in [0.1, 0.15) is 12.4 Å². The van der Waals surface area contributed by atoms with Crippen LogP contribution in [0.25, 0.3) is 0 Å². The highest BCUT2D eigenvalue weighted by atomic mass is 16.5. The van der Waals surface area contributed by atoms with Gasteiger partial charge in [-0.2, -0.15) is 0 Å². The molecule has 1 amide bonds. The van der Waals surface area contributed by atoms with Gasteiger partial charge in [-0.1, -0.05) is 6.42 Å². The first-order valence-corrected chi connectivity index (χ1v) is 9.37. The van der Waals surface area contributed by atoms with E-state index in [1.807, 2.05) is 25.1 Å². The van der Waals surface area contributed by atoms with Crippen molar-refractivity contribution in [1.29, 1.82) is 0 Å². The van der Waals surface area contributed by atoms with E-state index in [1.165, 1.54) is 19.3 Å². The number of benzene rings is 1. The maximum absolute atomic E-state index is 12.8. The Labute approximate surface area is 150 Å². The quantitative estimate of drug-likeness (QED) is 0.776. The molecule has 3 rings (SSSR count). The van der Waals surface area contributed by atoms with E-state index in [4.69, 9.17) is 15.2 Å². The van der Waals surface area contributed by atoms with Gasteiger partial charge in [0.15, 0.2) is 0 Å². The number of carbonyl (C=O) groups is 1. The minimum atomic E-state index is 0.0899. The normalized spacial score (nSPS) is 28.4. The fraction of sp³-hybridized carbons (Fsp3) is 0.650. The van der Waals surface area contributed by atoms with Gasteiger partial charge in [-0.15, -0.1) is 0 Å². The average molecular weight is 346 g/mol. The first-order valence-electron chi connectivity index (χ1n) is 9.37. The molecule has 2 atom stereocenters. The Balaban J connectivity index is 1.59. The van der Waals surface area contributed by atoms with Crippen LogP contribution in [0.3, 0.4) is 0 Å². The first kappa shape index (κ1) is 18.2. The molecule has 25 heavy (non-hydrogen) atoms. The van der Waals surface area contributed by atoms with Crippen LogP contribution in [0.15, 0.2) is 18.2 Å². The molecule has 138 valence electrons. The van der Waals surface area contributed by atoms with E-state index < -0.39 is 0 Å². The van der Waals surface area contributed by atoms with Crippen molar-refractivity contribution in [2.24, 2.45) is 23.5 Å². The highest BCUT2D eigenvalue weighted by Gasteiger charge is 2.40. The number of nitrogens with one attached hydrogen (secondary N) is 1. The van der Waals surface area contributed by atoms with Crippen LogP contribution in [0.4, 0.5) is 5.69 Å². The molecule has 2 unspecified atom stereocenters. The van der Waals surface area contributed by atoms with Gasteiger partial charge in [-0.05, 0) is 68.2 Å². The molecule has 0 heterocycles. The highest BCUT2D eigenvalue weighted by molar-refractivity contribution is 5.93. The summed E-state index contributed by atoms with van der Waals surface area (Å²) in [5.74, 6) is 2.06. The summed E-state index contributed by atoms with van der Waals surface area (Å²) in [6, 6.07) is 6.06. The molecular weight excluding hydrogens is 316 g/mol. The summed E-state index contributed by atoms with van der Waals surface area (Å²) in [7, 11) is 1.65. The standard InChI is InChI=1S/C20H30N2O3/c1-13-10-17(25-9-8-24-2)6-7-18(13)22-20(23)16-11-14-4-3-5-15(12-16)19(14)21/h6-7,10,14-16,19H,3-5,8-9,11-12,21H2,1-2H3,(H,22,23). The van der Waals surface area contributed by atoms with Gasteiger partial charge in [-0.3, -0.25) is 4.79 Å². The zero-order valence-corrected chi connectivity index (χ0v) is 15.3. The molecule has 0 spiro atoms. The van der Waals surface area contributed by atoms with Crippen LogP contribution in [0.5, 0.6) is 5.75 Å². The van der Waals surface area contributed by atoms with Crippen molar-refractivity contribution in [3.8, 4) is 5.75 Å². The Morgan fingerprint density at radius 3 is 2.60 bits per heavy atom. The topological polar surface area (TPSA) is 73.6 Å². The minimum absolute atomic E-state index is 0.0899. The van der Waals surface area contributed by atoms with Crippen LogP contribution in [0, 0.1) is 24.7 Å². The molecule has 1 aromatic rings. The van der Waals surface area contributed by atoms with Crippen molar-refractivity contribution in [2.45, 2.75) is 45.1 Å². The molecule has 5 nitrogen and oxygen atoms in total. The average Bonchev–Trinajstić information content (AvgIpc) is 2.57. The molecule has 2 saturated carbocycles. The number of nitrogens with two attached hydrogens (primary N) is 1. The number of carbonyl (C=O) groups excluding carboxylic acids is 1. The third-order valence-electron chi connectivity index (χ3n) is 5.80. The number of anilines is 1. The number of methoxy groups -OCH3 is 1. The zero-order valence-electron chi connectivity index (χ0n) is 15.3. The van der Waals surface area contributed by atoms with E-state index in [-0.39, 0.29) is 11.8 Å². The molecule has 5 heteroatoms. The van der Waals surface area contributed by atoms with E-state index in [0.29, 0.717) is 31.1 Å². The van der Waals surface area contributed by atoms with Gasteiger partial charge in [0.25, 0.3) is 0 Å². The Morgan fingerprint density at radius 1 is 1.24 bits per heavy atom. The van der Waals surface area contributed by atoms with E-state index in [1.54, 1.807) is 7.11 Å². The lowest BCUT2D eigenvalue weighted by Gasteiger charge is -2.43. The van der Waals surface area contributed by atoms with Crippen LogP contribution in [0.2, 0.25) is 0 Å². The second-order valence-corrected chi connectivity index (χ2v) is 7.50. The monoisotopic (exact) mass is 346 g/mol. The van der Waals surface area contributed by atoms with Crippen LogP contribution in [0.1, 0.15) is 37.7 Å². The SMILES string of the molecule is COCCOc1ccc(NC(=O)C2CC3CCCC(C2)C3N)c(C)c1. The van der Waals surface area contributed by atoms with E-state index in [9.17, 15) is 4.79 Å². The predicted octanol–water partition coefficient (Wildman–Crippen LogP) is 3.11. The Hall–Kier alpha value is -1.59. The summed E-state index contributed by atoms with van der Waals surface area (Å²) >= 11 is 0. The van der Waals surface area contributed by atoms with Crippen LogP contribution in [-0.4, -0.2) is 32.3 Å². The molecular formula is C20H30N2O3. The Bertz CT molecular complexity index is 591. The van der Waals surface area contributed by atoms with E-state index in [2.05, 4.69) is 5.32 Å². The number of fused-ring (bicyclic) bond motifs is 2. The second-order valence-electron chi connectivity index (χ2n) is 7.50. The van der Waals surface area contributed by atoms with Crippen molar-refractivity contribution in [2.75, 3.05) is 25.6 Å². The van der Waals surface area contributed by atoms with E-state index in [0.717, 1.165) is 29.8 Å². The van der Waals surface area contributed by atoms with Gasteiger partial charge in [0.2, 0.25) is 5.91 Å². The zero-order chi connectivity index (χ0) is 17.8. The lowest BCUT2D eigenvalue weighted by Crippen LogP contribution is -2.48. The number of amides is 1. The van der Waals surface area contributed by atoms with Crippen molar-refractivity contribution in [3.63, 3.8) is 0 Å². The van der Waals surface area contributed by atoms with E-state index >= 15 is 0 Å². The summed E-state index contributed by atoms with van der Waals surface area (Å²) in [5, 5.41) is 3.12. The number of aryl methyl sites for hydroxylation is 1. The lowest BCUT2D eigenvalue weighted by molar-refractivity contribution is -0.122. The summed E-state index contributed by atoms with van der Waals surface area (Å²) < 4.78 is 10.6. The Morgan fingerprint density at radius 2 is 1.96 bits per heavy atom. The second kappa shape index (κ2) is 8.19. The molecule has 3 N–H and O–H groups in total. The van der Waals surface area contributed by atoms with Crippen LogP contribution >= 0.6 is 0 Å². The lowest BCUT2D eigenvalue weighted by atomic mass is 9.65. The third kappa shape index (κ3) is 4.33. The molecule has 2 aliphatic carbocycles. The number of hydrogen-bond acceptors (Lipinski definition) is 4. The predicted molar refractivity (Wildman–Crippen MR) is 98.7 cm³/mol. The van der Waals surface area contributed by atoms with Crippen molar-refractivity contribution in [3.05, 3.63) is 23.8 Å². The van der Waals surface area contributed by atoms with Crippen LogP contribution in [-0.2, 0) is 9.53 Å². The third-order valence-corrected chi connectivity index (χ3v) is 5.80. The largest absolute Gasteiger partial charge is 0.491 e. The summed E-state index contributed by atoms with van der Waals surface area (Å²) in [5.41, 5.74) is 8.21. The summed E-state index contributed by atoms with van der Waals surface area (Å²) in [6.07, 6.45) is 5.48. The maximum atomic E-state index is 12.8. The summed E-state index contributed by atoms with van der Waals surface area (Å²) in [6.45, 7) is 3.07. The van der Waals surface area contributed by atoms with Crippen molar-refractivity contribution >= 4 is 11.6 Å². The summed E-state index contributed by atoms with van der Waals surface area (Å²) in [4.78, 5) is 12.8. The van der Waals surface area contributed by atoms with Crippen molar-refractivity contribution < 1.29 is 14.3 Å². The number of hydrogen-bond donors (Lipinski definition) is 2. The molecule has 2 fully saturated rings. The molecule has 1 aromatic carbocycles. The highest BCUT2D eigenvalue weighted by Crippen LogP contribution is 2.42. The fourth-order valence-corrected chi connectivity index (χ4v) is 4.35. The van der Waals surface area contributed by atoms with Crippen molar-refractivity contribution in [1.82, 2.24) is 0 Å². The first-order chi connectivity index (χ1) is 12.1. The molecule has 0 aromatic heterocycles. The number of ether oxygens (including phenoxy) is 2. The molecule has 2 aliphatic rings. The molecule has 0 radical (unpaired) electrons. The minimum Gasteiger partial charge on any atom is -0.491 e. The fourth-order valence-electron chi connectivity index (χ4n) is 4.35. The van der Waals surface area contributed by atoms with Crippen LogP contribution < -0.4 is 15.8 Å². The van der Waals surface area contributed by atoms with Gasteiger partial charge in [0, 0.05) is 24.8 Å². The maximum Gasteiger partial charge on any atom is 0.227 e. The molecule has 0 aliphatic heterocycles.